The van der Waals surface area contributed by atoms with Crippen LogP contribution in [0.4, 0.5) is 0 Å². The van der Waals surface area contributed by atoms with Crippen molar-refractivity contribution >= 4 is 0 Å². The van der Waals surface area contributed by atoms with Gasteiger partial charge in [0.05, 0.1) is 0 Å². The zero-order valence-corrected chi connectivity index (χ0v) is 12.6. The first kappa shape index (κ1) is 14.1. The second kappa shape index (κ2) is 6.23. The molecule has 0 aromatic heterocycles. The first-order valence-electron chi connectivity index (χ1n) is 8.07. The van der Waals surface area contributed by atoms with E-state index in [1.54, 1.807) is 5.57 Å². The molecule has 0 aromatic rings. The highest BCUT2D eigenvalue weighted by Gasteiger charge is 2.40. The standard InChI is InChI=1S/C17H31N/c1-4-18-16(14-10-7-5-6-8-11-14)15-12-9-13-17(15,2)3/h10,15-16,18H,4-9,11-13H2,1-3H3. The van der Waals surface area contributed by atoms with Crippen molar-refractivity contribution in [1.82, 2.24) is 5.32 Å². The van der Waals surface area contributed by atoms with Crippen molar-refractivity contribution in [1.29, 1.82) is 0 Å². The lowest BCUT2D eigenvalue weighted by molar-refractivity contribution is 0.213. The SMILES string of the molecule is CCNC(C1=CCCCCC1)C1CCCC1(C)C. The van der Waals surface area contributed by atoms with E-state index in [-0.39, 0.29) is 0 Å². The molecular weight excluding hydrogens is 218 g/mol. The van der Waals surface area contributed by atoms with Gasteiger partial charge in [0, 0.05) is 6.04 Å². The highest BCUT2D eigenvalue weighted by atomic mass is 14.9. The summed E-state index contributed by atoms with van der Waals surface area (Å²) in [4.78, 5) is 0. The Morgan fingerprint density at radius 2 is 2.11 bits per heavy atom. The van der Waals surface area contributed by atoms with Gasteiger partial charge in [-0.05, 0) is 56.4 Å². The largest absolute Gasteiger partial charge is 0.310 e. The van der Waals surface area contributed by atoms with E-state index in [0.717, 1.165) is 12.5 Å². The Balaban J connectivity index is 2.14. The lowest BCUT2D eigenvalue weighted by Gasteiger charge is -2.36. The maximum Gasteiger partial charge on any atom is 0.0312 e. The molecule has 1 nitrogen and oxygen atoms in total. The number of hydrogen-bond donors (Lipinski definition) is 1. The molecule has 0 aromatic carbocycles. The third kappa shape index (κ3) is 3.17. The lowest BCUT2D eigenvalue weighted by Crippen LogP contribution is -2.42. The molecule has 0 bridgehead atoms. The molecular formula is C17H31N. The van der Waals surface area contributed by atoms with E-state index in [2.05, 4.69) is 32.2 Å². The topological polar surface area (TPSA) is 12.0 Å². The van der Waals surface area contributed by atoms with Crippen molar-refractivity contribution in [3.63, 3.8) is 0 Å². The first-order chi connectivity index (χ1) is 8.65. The average Bonchev–Trinajstić information content (AvgIpc) is 2.57. The third-order valence-corrected chi connectivity index (χ3v) is 5.14. The van der Waals surface area contributed by atoms with Crippen molar-refractivity contribution in [2.45, 2.75) is 78.2 Å². The van der Waals surface area contributed by atoms with Crippen LogP contribution < -0.4 is 5.32 Å². The maximum absolute atomic E-state index is 3.81. The van der Waals surface area contributed by atoms with Gasteiger partial charge in [-0.25, -0.2) is 0 Å². The second-order valence-electron chi connectivity index (χ2n) is 6.90. The molecule has 0 radical (unpaired) electrons. The van der Waals surface area contributed by atoms with Gasteiger partial charge in [-0.2, -0.15) is 0 Å². The maximum atomic E-state index is 3.81. The molecule has 0 aliphatic heterocycles. The van der Waals surface area contributed by atoms with Gasteiger partial charge in [-0.15, -0.1) is 0 Å². The van der Waals surface area contributed by atoms with E-state index >= 15 is 0 Å². The van der Waals surface area contributed by atoms with Crippen LogP contribution in [-0.4, -0.2) is 12.6 Å². The molecule has 0 amide bonds. The molecule has 1 heteroatoms. The molecule has 2 aliphatic rings. The lowest BCUT2D eigenvalue weighted by atomic mass is 9.74. The highest BCUT2D eigenvalue weighted by molar-refractivity contribution is 5.16. The molecule has 1 saturated carbocycles. The summed E-state index contributed by atoms with van der Waals surface area (Å²) in [5.41, 5.74) is 2.26. The van der Waals surface area contributed by atoms with Crippen molar-refractivity contribution in [3.8, 4) is 0 Å². The minimum Gasteiger partial charge on any atom is -0.310 e. The second-order valence-corrected chi connectivity index (χ2v) is 6.90. The van der Waals surface area contributed by atoms with Gasteiger partial charge in [0.15, 0.2) is 0 Å². The van der Waals surface area contributed by atoms with Crippen LogP contribution in [0.2, 0.25) is 0 Å². The Labute approximate surface area is 113 Å². The first-order valence-corrected chi connectivity index (χ1v) is 8.07. The normalized spacial score (nSPS) is 29.7. The molecule has 1 fully saturated rings. The van der Waals surface area contributed by atoms with Crippen LogP contribution >= 0.6 is 0 Å². The molecule has 0 saturated heterocycles. The Morgan fingerprint density at radius 1 is 1.28 bits per heavy atom. The molecule has 0 spiro atoms. The number of hydrogen-bond acceptors (Lipinski definition) is 1. The smallest absolute Gasteiger partial charge is 0.0312 e. The number of allylic oxidation sites excluding steroid dienone is 1. The Bertz CT molecular complexity index is 290. The predicted molar refractivity (Wildman–Crippen MR) is 79.8 cm³/mol. The van der Waals surface area contributed by atoms with Crippen molar-refractivity contribution in [2.75, 3.05) is 6.54 Å². The fourth-order valence-electron chi connectivity index (χ4n) is 4.05. The minimum atomic E-state index is 0.528. The van der Waals surface area contributed by atoms with Gasteiger partial charge in [0.2, 0.25) is 0 Å². The minimum absolute atomic E-state index is 0.528. The van der Waals surface area contributed by atoms with Gasteiger partial charge in [0.25, 0.3) is 0 Å². The molecule has 2 aliphatic carbocycles. The molecule has 18 heavy (non-hydrogen) atoms. The van der Waals surface area contributed by atoms with Crippen LogP contribution in [-0.2, 0) is 0 Å². The van der Waals surface area contributed by atoms with Crippen LogP contribution in [0.25, 0.3) is 0 Å². The molecule has 1 N–H and O–H groups in total. The zero-order valence-electron chi connectivity index (χ0n) is 12.6. The number of likely N-dealkylation sites (N-methyl/N-ethyl adjacent to an activating group) is 1. The summed E-state index contributed by atoms with van der Waals surface area (Å²) >= 11 is 0. The Hall–Kier alpha value is -0.300. The van der Waals surface area contributed by atoms with E-state index in [0.29, 0.717) is 11.5 Å². The van der Waals surface area contributed by atoms with Gasteiger partial charge in [-0.3, -0.25) is 0 Å². The monoisotopic (exact) mass is 249 g/mol. The van der Waals surface area contributed by atoms with E-state index in [1.807, 2.05) is 0 Å². The zero-order chi connectivity index (χ0) is 13.0. The number of rotatable bonds is 4. The summed E-state index contributed by atoms with van der Waals surface area (Å²) < 4.78 is 0. The fraction of sp³-hybridized carbons (Fsp3) is 0.882. The van der Waals surface area contributed by atoms with E-state index in [4.69, 9.17) is 0 Å². The summed E-state index contributed by atoms with van der Waals surface area (Å²) in [6.45, 7) is 8.32. The molecule has 2 unspecified atom stereocenters. The van der Waals surface area contributed by atoms with Crippen LogP contribution in [0.1, 0.15) is 72.1 Å². The third-order valence-electron chi connectivity index (χ3n) is 5.14. The number of nitrogens with one attached hydrogen (secondary N) is 1. The summed E-state index contributed by atoms with van der Waals surface area (Å²) in [6.07, 6.45) is 13.7. The van der Waals surface area contributed by atoms with Gasteiger partial charge in [0.1, 0.15) is 0 Å². The van der Waals surface area contributed by atoms with Crippen molar-refractivity contribution < 1.29 is 0 Å². The van der Waals surface area contributed by atoms with Crippen LogP contribution in [0, 0.1) is 11.3 Å². The average molecular weight is 249 g/mol. The van der Waals surface area contributed by atoms with E-state index in [1.165, 1.54) is 51.4 Å². The summed E-state index contributed by atoms with van der Waals surface area (Å²) in [7, 11) is 0. The quantitative estimate of drug-likeness (QED) is 0.713. The van der Waals surface area contributed by atoms with Gasteiger partial charge in [-0.1, -0.05) is 45.3 Å². The molecule has 0 heterocycles. The van der Waals surface area contributed by atoms with E-state index in [9.17, 15) is 0 Å². The molecule has 104 valence electrons. The van der Waals surface area contributed by atoms with E-state index < -0.39 is 0 Å². The Morgan fingerprint density at radius 3 is 2.78 bits per heavy atom. The Kier molecular flexibility index (Phi) is 4.89. The van der Waals surface area contributed by atoms with Crippen molar-refractivity contribution in [2.24, 2.45) is 11.3 Å². The van der Waals surface area contributed by atoms with Gasteiger partial charge < -0.3 is 5.32 Å². The van der Waals surface area contributed by atoms with Crippen LogP contribution in [0.3, 0.4) is 0 Å². The highest BCUT2D eigenvalue weighted by Crippen LogP contribution is 2.46. The molecule has 2 atom stereocenters. The summed E-state index contributed by atoms with van der Waals surface area (Å²) in [5, 5.41) is 3.81. The predicted octanol–water partition coefficient (Wildman–Crippen LogP) is 4.68. The molecule has 2 rings (SSSR count). The fourth-order valence-corrected chi connectivity index (χ4v) is 4.05. The van der Waals surface area contributed by atoms with Crippen LogP contribution in [0.15, 0.2) is 11.6 Å². The summed E-state index contributed by atoms with van der Waals surface area (Å²) in [6, 6.07) is 0.658. The summed E-state index contributed by atoms with van der Waals surface area (Å²) in [5.74, 6) is 0.849. The van der Waals surface area contributed by atoms with Crippen LogP contribution in [0.5, 0.6) is 0 Å². The van der Waals surface area contributed by atoms with Crippen molar-refractivity contribution in [3.05, 3.63) is 11.6 Å². The van der Waals surface area contributed by atoms with Gasteiger partial charge >= 0.3 is 0 Å².